The number of nitrogens with zero attached hydrogens (tertiary/aromatic N) is 2. The molecule has 27 heavy (non-hydrogen) atoms. The van der Waals surface area contributed by atoms with Crippen molar-refractivity contribution in [2.45, 2.75) is 26.7 Å². The number of aromatic nitrogens is 2. The summed E-state index contributed by atoms with van der Waals surface area (Å²) >= 11 is 0. The van der Waals surface area contributed by atoms with Gasteiger partial charge in [-0.05, 0) is 37.2 Å². The van der Waals surface area contributed by atoms with E-state index < -0.39 is 0 Å². The summed E-state index contributed by atoms with van der Waals surface area (Å²) in [6.45, 7) is 8.42. The maximum Gasteiger partial charge on any atom is 0.119 e. The van der Waals surface area contributed by atoms with E-state index in [2.05, 4.69) is 71.4 Å². The van der Waals surface area contributed by atoms with E-state index in [1.807, 2.05) is 6.07 Å². The van der Waals surface area contributed by atoms with Crippen molar-refractivity contribution in [3.8, 4) is 28.3 Å². The maximum absolute atomic E-state index is 6.00. The Morgan fingerprint density at radius 3 is 2.78 bits per heavy atom. The van der Waals surface area contributed by atoms with Crippen molar-refractivity contribution in [2.75, 3.05) is 26.2 Å². The summed E-state index contributed by atoms with van der Waals surface area (Å²) in [5.74, 6) is 0.916. The predicted octanol–water partition coefficient (Wildman–Crippen LogP) is 4.76. The first-order valence-electron chi connectivity index (χ1n) is 9.91. The van der Waals surface area contributed by atoms with Crippen LogP contribution in [-0.2, 0) is 6.42 Å². The molecule has 140 valence electrons. The molecule has 0 saturated heterocycles. The first kappa shape index (κ1) is 17.8. The summed E-state index contributed by atoms with van der Waals surface area (Å²) in [4.78, 5) is 2.42. The van der Waals surface area contributed by atoms with Crippen LogP contribution in [0.2, 0.25) is 0 Å². The number of fused-ring (bicyclic) bond motifs is 3. The van der Waals surface area contributed by atoms with Crippen molar-refractivity contribution in [3.63, 3.8) is 0 Å². The third-order valence-corrected chi connectivity index (χ3v) is 5.41. The quantitative estimate of drug-likeness (QED) is 0.460. The standard InChI is InChI=1S/C23H27N3O/c1-3-26(4-2)13-8-14-27-19-11-7-10-18(15-19)22-21-16-17-9-5-6-12-20(17)23(21)25-24-22/h5-7,9-12,15H,3-4,8,13-14,16H2,1-2H3,(H,24,25). The fourth-order valence-corrected chi connectivity index (χ4v) is 3.86. The molecule has 2 aromatic carbocycles. The zero-order valence-corrected chi connectivity index (χ0v) is 16.2. The van der Waals surface area contributed by atoms with Crippen LogP contribution in [0.1, 0.15) is 31.4 Å². The van der Waals surface area contributed by atoms with Gasteiger partial charge in [-0.15, -0.1) is 0 Å². The molecule has 3 aromatic rings. The van der Waals surface area contributed by atoms with E-state index in [9.17, 15) is 0 Å². The lowest BCUT2D eigenvalue weighted by Crippen LogP contribution is -2.25. The van der Waals surface area contributed by atoms with E-state index in [0.717, 1.165) is 61.8 Å². The minimum absolute atomic E-state index is 0.740. The number of aromatic amines is 1. The van der Waals surface area contributed by atoms with Crippen LogP contribution in [0.4, 0.5) is 0 Å². The molecule has 4 rings (SSSR count). The van der Waals surface area contributed by atoms with Crippen LogP contribution >= 0.6 is 0 Å². The molecule has 4 heteroatoms. The normalized spacial score (nSPS) is 12.3. The van der Waals surface area contributed by atoms with Crippen molar-refractivity contribution >= 4 is 0 Å². The third kappa shape index (κ3) is 3.62. The second-order valence-electron chi connectivity index (χ2n) is 7.02. The number of hydrogen-bond acceptors (Lipinski definition) is 3. The number of rotatable bonds is 8. The fraction of sp³-hybridized carbons (Fsp3) is 0.348. The highest BCUT2D eigenvalue weighted by Crippen LogP contribution is 2.40. The summed E-state index contributed by atoms with van der Waals surface area (Å²) < 4.78 is 6.00. The number of benzene rings is 2. The zero-order valence-electron chi connectivity index (χ0n) is 16.2. The number of H-pyrrole nitrogens is 1. The molecule has 1 aliphatic carbocycles. The summed E-state index contributed by atoms with van der Waals surface area (Å²) in [6, 6.07) is 16.9. The summed E-state index contributed by atoms with van der Waals surface area (Å²) in [6.07, 6.45) is 1.98. The van der Waals surface area contributed by atoms with Gasteiger partial charge >= 0.3 is 0 Å². The topological polar surface area (TPSA) is 41.1 Å². The molecule has 0 fully saturated rings. The van der Waals surface area contributed by atoms with Crippen molar-refractivity contribution in [2.24, 2.45) is 0 Å². The molecular formula is C23H27N3O. The van der Waals surface area contributed by atoms with Gasteiger partial charge in [-0.3, -0.25) is 5.10 Å². The molecule has 0 amide bonds. The molecule has 0 saturated carbocycles. The largest absolute Gasteiger partial charge is 0.494 e. The van der Waals surface area contributed by atoms with Crippen LogP contribution < -0.4 is 4.74 Å². The second kappa shape index (κ2) is 7.97. The SMILES string of the molecule is CCN(CC)CCCOc1cccc(-c2n[nH]c3c2Cc2ccccc2-3)c1. The molecule has 0 radical (unpaired) electrons. The molecule has 1 heterocycles. The summed E-state index contributed by atoms with van der Waals surface area (Å²) in [5, 5.41) is 7.84. The highest BCUT2D eigenvalue weighted by Gasteiger charge is 2.24. The average molecular weight is 361 g/mol. The molecule has 0 bridgehead atoms. The number of ether oxygens (including phenoxy) is 1. The average Bonchev–Trinajstić information content (AvgIpc) is 3.27. The molecule has 1 N–H and O–H groups in total. The first-order chi connectivity index (χ1) is 13.3. The predicted molar refractivity (Wildman–Crippen MR) is 110 cm³/mol. The Morgan fingerprint density at radius 1 is 1.07 bits per heavy atom. The lowest BCUT2D eigenvalue weighted by atomic mass is 10.1. The zero-order chi connectivity index (χ0) is 18.6. The van der Waals surface area contributed by atoms with Crippen LogP contribution in [0.15, 0.2) is 48.5 Å². The Morgan fingerprint density at radius 2 is 1.93 bits per heavy atom. The molecule has 1 aromatic heterocycles. The minimum Gasteiger partial charge on any atom is -0.494 e. The van der Waals surface area contributed by atoms with Crippen molar-refractivity contribution in [1.82, 2.24) is 15.1 Å². The van der Waals surface area contributed by atoms with Crippen LogP contribution in [0.5, 0.6) is 5.75 Å². The lowest BCUT2D eigenvalue weighted by Gasteiger charge is -2.17. The fourth-order valence-electron chi connectivity index (χ4n) is 3.86. The van der Waals surface area contributed by atoms with E-state index in [1.165, 1.54) is 16.7 Å². The molecule has 1 aliphatic rings. The van der Waals surface area contributed by atoms with Crippen molar-refractivity contribution < 1.29 is 4.74 Å². The van der Waals surface area contributed by atoms with Crippen LogP contribution in [0.25, 0.3) is 22.5 Å². The highest BCUT2D eigenvalue weighted by atomic mass is 16.5. The molecule has 0 aliphatic heterocycles. The monoisotopic (exact) mass is 361 g/mol. The van der Waals surface area contributed by atoms with E-state index in [1.54, 1.807) is 0 Å². The van der Waals surface area contributed by atoms with Gasteiger partial charge < -0.3 is 9.64 Å². The van der Waals surface area contributed by atoms with E-state index in [4.69, 9.17) is 4.74 Å². The second-order valence-corrected chi connectivity index (χ2v) is 7.02. The minimum atomic E-state index is 0.740. The Hall–Kier alpha value is -2.59. The van der Waals surface area contributed by atoms with Gasteiger partial charge in [0.05, 0.1) is 18.0 Å². The van der Waals surface area contributed by atoms with Gasteiger partial charge in [-0.25, -0.2) is 0 Å². The first-order valence-corrected chi connectivity index (χ1v) is 9.91. The summed E-state index contributed by atoms with van der Waals surface area (Å²) in [7, 11) is 0. The number of nitrogens with one attached hydrogen (secondary N) is 1. The van der Waals surface area contributed by atoms with Gasteiger partial charge in [0.1, 0.15) is 5.75 Å². The van der Waals surface area contributed by atoms with Gasteiger partial charge in [-0.1, -0.05) is 50.2 Å². The Balaban J connectivity index is 1.46. The molecule has 4 nitrogen and oxygen atoms in total. The van der Waals surface area contributed by atoms with Gasteiger partial charge in [0.2, 0.25) is 0 Å². The van der Waals surface area contributed by atoms with E-state index in [-0.39, 0.29) is 0 Å². The lowest BCUT2D eigenvalue weighted by molar-refractivity contribution is 0.249. The van der Waals surface area contributed by atoms with Gasteiger partial charge in [0, 0.05) is 29.7 Å². The van der Waals surface area contributed by atoms with E-state index >= 15 is 0 Å². The molecule has 0 spiro atoms. The van der Waals surface area contributed by atoms with Crippen LogP contribution in [-0.4, -0.2) is 41.3 Å². The maximum atomic E-state index is 6.00. The molecular weight excluding hydrogens is 334 g/mol. The van der Waals surface area contributed by atoms with Crippen molar-refractivity contribution in [1.29, 1.82) is 0 Å². The van der Waals surface area contributed by atoms with Crippen LogP contribution in [0.3, 0.4) is 0 Å². The van der Waals surface area contributed by atoms with Gasteiger partial charge in [0.25, 0.3) is 0 Å². The third-order valence-electron chi connectivity index (χ3n) is 5.41. The highest BCUT2D eigenvalue weighted by molar-refractivity contribution is 5.81. The van der Waals surface area contributed by atoms with Gasteiger partial charge in [0.15, 0.2) is 0 Å². The van der Waals surface area contributed by atoms with Crippen molar-refractivity contribution in [3.05, 3.63) is 59.7 Å². The molecule has 0 unspecified atom stereocenters. The summed E-state index contributed by atoms with van der Waals surface area (Å²) in [5.41, 5.74) is 7.23. The van der Waals surface area contributed by atoms with E-state index in [0.29, 0.717) is 0 Å². The smallest absolute Gasteiger partial charge is 0.119 e. The number of hydrogen-bond donors (Lipinski definition) is 1. The van der Waals surface area contributed by atoms with Crippen LogP contribution in [0, 0.1) is 0 Å². The Bertz CT molecular complexity index is 911. The van der Waals surface area contributed by atoms with Gasteiger partial charge in [-0.2, -0.15) is 5.10 Å². The Labute approximate surface area is 161 Å². The molecule has 0 atom stereocenters. The Kier molecular flexibility index (Phi) is 5.26.